The van der Waals surface area contributed by atoms with Gasteiger partial charge in [-0.05, 0) is 37.0 Å². The third-order valence-corrected chi connectivity index (χ3v) is 3.54. The molecular weight excluding hydrogens is 120 g/mol. The van der Waals surface area contributed by atoms with Crippen molar-refractivity contribution in [2.75, 3.05) is 0 Å². The molecule has 0 saturated heterocycles. The molecule has 2 aliphatic carbocycles. The minimum Gasteiger partial charge on any atom is -0.0651 e. The molecule has 0 nitrogen and oxygen atoms in total. The Bertz CT molecular complexity index is 105. The van der Waals surface area contributed by atoms with E-state index in [9.17, 15) is 0 Å². The molecule has 2 rings (SSSR count). The van der Waals surface area contributed by atoms with Crippen molar-refractivity contribution in [3.8, 4) is 0 Å². The fraction of sp³-hybridized carbons (Fsp3) is 1.00. The fourth-order valence-corrected chi connectivity index (χ4v) is 2.47. The van der Waals surface area contributed by atoms with Crippen LogP contribution in [-0.2, 0) is 0 Å². The van der Waals surface area contributed by atoms with Crippen molar-refractivity contribution >= 4 is 0 Å². The Morgan fingerprint density at radius 3 is 2.10 bits per heavy atom. The van der Waals surface area contributed by atoms with Gasteiger partial charge in [0.05, 0.1) is 0 Å². The topological polar surface area (TPSA) is 0 Å². The molecule has 0 aromatic rings. The van der Waals surface area contributed by atoms with Gasteiger partial charge in [0.15, 0.2) is 0 Å². The first-order chi connectivity index (χ1) is 4.90. The van der Waals surface area contributed by atoms with E-state index < -0.39 is 0 Å². The molecule has 2 atom stereocenters. The normalized spacial score (nSPS) is 45.9. The molecule has 0 spiro atoms. The molecule has 0 aromatic heterocycles. The zero-order valence-electron chi connectivity index (χ0n) is 6.97. The van der Waals surface area contributed by atoms with Gasteiger partial charge < -0.3 is 0 Å². The van der Waals surface area contributed by atoms with Crippen LogP contribution in [0.3, 0.4) is 0 Å². The summed E-state index contributed by atoms with van der Waals surface area (Å²) in [5.74, 6) is 3.45. The standard InChI is InChI=1S/C10H18/c1-2-8-3-5-9-7-10(9)6-4-8/h8-10H,2-7H2,1H3. The zero-order chi connectivity index (χ0) is 6.97. The van der Waals surface area contributed by atoms with E-state index in [-0.39, 0.29) is 0 Å². The minimum atomic E-state index is 1.09. The monoisotopic (exact) mass is 138 g/mol. The molecule has 0 aliphatic heterocycles. The van der Waals surface area contributed by atoms with Gasteiger partial charge in [-0.1, -0.05) is 26.2 Å². The molecule has 58 valence electrons. The van der Waals surface area contributed by atoms with Crippen LogP contribution in [0.5, 0.6) is 0 Å². The molecule has 0 aromatic carbocycles. The Hall–Kier alpha value is 0. The van der Waals surface area contributed by atoms with Crippen LogP contribution < -0.4 is 0 Å². The largest absolute Gasteiger partial charge is 0.0651 e. The highest BCUT2D eigenvalue weighted by Gasteiger charge is 2.38. The van der Waals surface area contributed by atoms with E-state index in [2.05, 4.69) is 6.92 Å². The number of fused-ring (bicyclic) bond motifs is 1. The highest BCUT2D eigenvalue weighted by molar-refractivity contribution is 4.89. The molecule has 0 radical (unpaired) electrons. The van der Waals surface area contributed by atoms with Crippen LogP contribution in [0, 0.1) is 17.8 Å². The highest BCUT2D eigenvalue weighted by Crippen LogP contribution is 2.49. The van der Waals surface area contributed by atoms with E-state index in [1.807, 2.05) is 0 Å². The molecule has 0 amide bonds. The van der Waals surface area contributed by atoms with Crippen LogP contribution in [0.15, 0.2) is 0 Å². The van der Waals surface area contributed by atoms with Crippen molar-refractivity contribution < 1.29 is 0 Å². The average Bonchev–Trinajstić information content (AvgIpc) is 2.63. The summed E-state index contributed by atoms with van der Waals surface area (Å²) in [4.78, 5) is 0. The predicted octanol–water partition coefficient (Wildman–Crippen LogP) is 3.22. The van der Waals surface area contributed by atoms with Gasteiger partial charge in [0.1, 0.15) is 0 Å². The third-order valence-electron chi connectivity index (χ3n) is 3.54. The Kier molecular flexibility index (Phi) is 1.71. The highest BCUT2D eigenvalue weighted by atomic mass is 14.4. The predicted molar refractivity (Wildman–Crippen MR) is 43.8 cm³/mol. The summed E-state index contributed by atoms with van der Waals surface area (Å²) in [6.45, 7) is 2.35. The van der Waals surface area contributed by atoms with E-state index in [0.29, 0.717) is 0 Å². The molecule has 2 saturated carbocycles. The number of hydrogen-bond acceptors (Lipinski definition) is 0. The molecular formula is C10H18. The Morgan fingerprint density at radius 2 is 1.60 bits per heavy atom. The van der Waals surface area contributed by atoms with E-state index in [1.165, 1.54) is 31.1 Å². The van der Waals surface area contributed by atoms with Gasteiger partial charge in [0, 0.05) is 0 Å². The van der Waals surface area contributed by atoms with Crippen molar-refractivity contribution in [3.63, 3.8) is 0 Å². The second kappa shape index (κ2) is 2.56. The Morgan fingerprint density at radius 1 is 1.00 bits per heavy atom. The van der Waals surface area contributed by atoms with Crippen molar-refractivity contribution in [2.24, 2.45) is 17.8 Å². The SMILES string of the molecule is CCC1CCC2CC2CC1. The summed E-state index contributed by atoms with van der Waals surface area (Å²) in [5, 5.41) is 0. The first-order valence-corrected chi connectivity index (χ1v) is 4.90. The van der Waals surface area contributed by atoms with Crippen molar-refractivity contribution in [1.82, 2.24) is 0 Å². The lowest BCUT2D eigenvalue weighted by Gasteiger charge is -2.10. The zero-order valence-corrected chi connectivity index (χ0v) is 6.97. The summed E-state index contributed by atoms with van der Waals surface area (Å²) >= 11 is 0. The minimum absolute atomic E-state index is 1.09. The van der Waals surface area contributed by atoms with Gasteiger partial charge >= 0.3 is 0 Å². The van der Waals surface area contributed by atoms with Crippen LogP contribution in [0.25, 0.3) is 0 Å². The molecule has 0 heteroatoms. The van der Waals surface area contributed by atoms with Crippen molar-refractivity contribution in [2.45, 2.75) is 45.4 Å². The first kappa shape index (κ1) is 6.69. The average molecular weight is 138 g/mol. The van der Waals surface area contributed by atoms with E-state index >= 15 is 0 Å². The maximum atomic E-state index is 2.35. The molecule has 2 aliphatic rings. The lowest BCUT2D eigenvalue weighted by atomic mass is 9.96. The van der Waals surface area contributed by atoms with Gasteiger partial charge in [-0.15, -0.1) is 0 Å². The Balaban J connectivity index is 1.84. The van der Waals surface area contributed by atoms with Gasteiger partial charge in [-0.3, -0.25) is 0 Å². The fourth-order valence-electron chi connectivity index (χ4n) is 2.47. The van der Waals surface area contributed by atoms with Crippen LogP contribution in [0.1, 0.15) is 45.4 Å². The van der Waals surface area contributed by atoms with Crippen molar-refractivity contribution in [1.29, 1.82) is 0 Å². The smallest absolute Gasteiger partial charge is 0.0383 e. The number of hydrogen-bond donors (Lipinski definition) is 0. The summed E-state index contributed by atoms with van der Waals surface area (Å²) < 4.78 is 0. The van der Waals surface area contributed by atoms with Crippen LogP contribution >= 0.6 is 0 Å². The van der Waals surface area contributed by atoms with Crippen molar-refractivity contribution in [3.05, 3.63) is 0 Å². The van der Waals surface area contributed by atoms with Gasteiger partial charge in [-0.2, -0.15) is 0 Å². The molecule has 2 fully saturated rings. The van der Waals surface area contributed by atoms with Gasteiger partial charge in [0.25, 0.3) is 0 Å². The summed E-state index contributed by atoms with van der Waals surface area (Å²) in [7, 11) is 0. The van der Waals surface area contributed by atoms with Crippen LogP contribution in [-0.4, -0.2) is 0 Å². The molecule has 2 unspecified atom stereocenters. The molecule has 0 N–H and O–H groups in total. The maximum absolute atomic E-state index is 2.35. The summed E-state index contributed by atoms with van der Waals surface area (Å²) in [6.07, 6.45) is 9.21. The third kappa shape index (κ3) is 1.21. The first-order valence-electron chi connectivity index (χ1n) is 4.90. The quantitative estimate of drug-likeness (QED) is 0.522. The maximum Gasteiger partial charge on any atom is -0.0383 e. The van der Waals surface area contributed by atoms with Crippen LogP contribution in [0.4, 0.5) is 0 Å². The van der Waals surface area contributed by atoms with Crippen LogP contribution in [0.2, 0.25) is 0 Å². The van der Waals surface area contributed by atoms with E-state index in [4.69, 9.17) is 0 Å². The molecule has 0 heterocycles. The molecule has 0 bridgehead atoms. The van der Waals surface area contributed by atoms with Gasteiger partial charge in [-0.25, -0.2) is 0 Å². The number of rotatable bonds is 1. The van der Waals surface area contributed by atoms with E-state index in [0.717, 1.165) is 5.92 Å². The second-order valence-electron chi connectivity index (χ2n) is 4.18. The lowest BCUT2D eigenvalue weighted by Crippen LogP contribution is -1.96. The lowest BCUT2D eigenvalue weighted by molar-refractivity contribution is 0.426. The second-order valence-corrected chi connectivity index (χ2v) is 4.18. The summed E-state index contributed by atoms with van der Waals surface area (Å²) in [5.41, 5.74) is 0. The Labute approximate surface area is 64.0 Å². The van der Waals surface area contributed by atoms with Gasteiger partial charge in [0.2, 0.25) is 0 Å². The summed E-state index contributed by atoms with van der Waals surface area (Å²) in [6, 6.07) is 0. The molecule has 10 heavy (non-hydrogen) atoms. The van der Waals surface area contributed by atoms with E-state index in [1.54, 1.807) is 19.3 Å².